The van der Waals surface area contributed by atoms with E-state index in [1.165, 1.54) is 12.3 Å². The first kappa shape index (κ1) is 14.4. The minimum Gasteiger partial charge on any atom is -0.385 e. The Morgan fingerprint density at radius 3 is 2.79 bits per heavy atom. The van der Waals surface area contributed by atoms with Crippen molar-refractivity contribution in [3.8, 4) is 0 Å². The molecule has 0 radical (unpaired) electrons. The van der Waals surface area contributed by atoms with E-state index < -0.39 is 24.1 Å². The standard InChI is InChI=1S/C12H14ClF3N2O/c13-8-4-9(10(17)18-6-8)11(19)3-1-2-7(5-11)12(14,15)16/h4,6-7,19H,1-3,5H2,(H2,17,18). The lowest BCUT2D eigenvalue weighted by Gasteiger charge is -2.38. The monoisotopic (exact) mass is 294 g/mol. The molecule has 1 aromatic rings. The number of hydrogen-bond donors (Lipinski definition) is 2. The average Bonchev–Trinajstić information content (AvgIpc) is 2.31. The molecule has 0 spiro atoms. The van der Waals surface area contributed by atoms with E-state index in [1.54, 1.807) is 0 Å². The highest BCUT2D eigenvalue weighted by Crippen LogP contribution is 2.47. The highest BCUT2D eigenvalue weighted by Gasteiger charge is 2.48. The first-order valence-corrected chi connectivity index (χ1v) is 6.31. The molecule has 1 fully saturated rings. The van der Waals surface area contributed by atoms with Gasteiger partial charge in [0.2, 0.25) is 0 Å². The van der Waals surface area contributed by atoms with Gasteiger partial charge in [0, 0.05) is 11.8 Å². The summed E-state index contributed by atoms with van der Waals surface area (Å²) in [5.74, 6) is -1.50. The van der Waals surface area contributed by atoms with Crippen molar-refractivity contribution in [1.29, 1.82) is 0 Å². The van der Waals surface area contributed by atoms with Gasteiger partial charge in [0.05, 0.1) is 16.5 Å². The fourth-order valence-corrected chi connectivity index (χ4v) is 2.76. The van der Waals surface area contributed by atoms with Gasteiger partial charge in [-0.1, -0.05) is 11.6 Å². The molecule has 2 atom stereocenters. The number of rotatable bonds is 1. The van der Waals surface area contributed by atoms with Crippen molar-refractivity contribution in [2.45, 2.75) is 37.5 Å². The van der Waals surface area contributed by atoms with E-state index in [0.717, 1.165) is 0 Å². The second kappa shape index (κ2) is 4.83. The predicted octanol–water partition coefficient (Wildman–Crippen LogP) is 3.26. The number of nitrogens with two attached hydrogens (primary N) is 1. The number of anilines is 1. The van der Waals surface area contributed by atoms with Crippen LogP contribution in [0.25, 0.3) is 0 Å². The lowest BCUT2D eigenvalue weighted by atomic mass is 9.74. The fourth-order valence-electron chi connectivity index (χ4n) is 2.60. The van der Waals surface area contributed by atoms with Gasteiger partial charge >= 0.3 is 6.18 Å². The molecule has 19 heavy (non-hydrogen) atoms. The van der Waals surface area contributed by atoms with Crippen LogP contribution in [0, 0.1) is 5.92 Å². The van der Waals surface area contributed by atoms with Crippen LogP contribution in [0.4, 0.5) is 19.0 Å². The smallest absolute Gasteiger partial charge is 0.385 e. The van der Waals surface area contributed by atoms with Gasteiger partial charge in [-0.2, -0.15) is 13.2 Å². The minimum absolute atomic E-state index is 0.0229. The molecule has 1 saturated carbocycles. The van der Waals surface area contributed by atoms with Crippen molar-refractivity contribution in [2.24, 2.45) is 5.92 Å². The zero-order chi connectivity index (χ0) is 14.3. The molecule has 0 saturated heterocycles. The van der Waals surface area contributed by atoms with Gasteiger partial charge in [-0.05, 0) is 31.7 Å². The quantitative estimate of drug-likeness (QED) is 0.836. The summed E-state index contributed by atoms with van der Waals surface area (Å²) in [6.45, 7) is 0. The van der Waals surface area contributed by atoms with Gasteiger partial charge in [-0.15, -0.1) is 0 Å². The third-order valence-electron chi connectivity index (χ3n) is 3.58. The van der Waals surface area contributed by atoms with Crippen LogP contribution in [0.15, 0.2) is 12.3 Å². The van der Waals surface area contributed by atoms with E-state index in [4.69, 9.17) is 17.3 Å². The normalized spacial score (nSPS) is 28.4. The molecule has 0 amide bonds. The Morgan fingerprint density at radius 1 is 1.47 bits per heavy atom. The van der Waals surface area contributed by atoms with Gasteiger partial charge in [0.15, 0.2) is 0 Å². The lowest BCUT2D eigenvalue weighted by Crippen LogP contribution is -2.39. The van der Waals surface area contributed by atoms with Crippen molar-refractivity contribution in [2.75, 3.05) is 5.73 Å². The number of alkyl halides is 3. The van der Waals surface area contributed by atoms with Crippen LogP contribution in [-0.2, 0) is 5.60 Å². The summed E-state index contributed by atoms with van der Waals surface area (Å²) in [4.78, 5) is 3.79. The summed E-state index contributed by atoms with van der Waals surface area (Å²) in [6.07, 6.45) is -2.87. The molecule has 106 valence electrons. The summed E-state index contributed by atoms with van der Waals surface area (Å²) >= 11 is 5.77. The molecule has 1 aliphatic carbocycles. The van der Waals surface area contributed by atoms with Crippen LogP contribution >= 0.6 is 11.6 Å². The summed E-state index contributed by atoms with van der Waals surface area (Å²) in [6, 6.07) is 1.39. The highest BCUT2D eigenvalue weighted by molar-refractivity contribution is 6.30. The predicted molar refractivity (Wildman–Crippen MR) is 65.6 cm³/mol. The molecule has 1 heterocycles. The Balaban J connectivity index is 2.34. The highest BCUT2D eigenvalue weighted by atomic mass is 35.5. The Bertz CT molecular complexity index is 481. The summed E-state index contributed by atoms with van der Waals surface area (Å²) < 4.78 is 38.4. The zero-order valence-corrected chi connectivity index (χ0v) is 10.8. The van der Waals surface area contributed by atoms with Gasteiger partial charge in [-0.3, -0.25) is 0 Å². The first-order valence-electron chi connectivity index (χ1n) is 5.93. The van der Waals surface area contributed by atoms with Crippen LogP contribution in [0.2, 0.25) is 5.02 Å². The number of pyridine rings is 1. The summed E-state index contributed by atoms with van der Waals surface area (Å²) in [5.41, 5.74) is 4.23. The van der Waals surface area contributed by atoms with Crippen molar-refractivity contribution < 1.29 is 18.3 Å². The van der Waals surface area contributed by atoms with E-state index in [-0.39, 0.29) is 35.7 Å². The molecule has 3 N–H and O–H groups in total. The van der Waals surface area contributed by atoms with Crippen molar-refractivity contribution in [3.63, 3.8) is 0 Å². The second-order valence-electron chi connectivity index (χ2n) is 4.95. The molecule has 1 aliphatic rings. The second-order valence-corrected chi connectivity index (χ2v) is 5.39. The maximum absolute atomic E-state index is 12.8. The van der Waals surface area contributed by atoms with Gasteiger partial charge in [0.25, 0.3) is 0 Å². The van der Waals surface area contributed by atoms with Gasteiger partial charge in [-0.25, -0.2) is 4.98 Å². The van der Waals surface area contributed by atoms with Crippen molar-refractivity contribution in [1.82, 2.24) is 4.98 Å². The number of aliphatic hydroxyl groups is 1. The molecule has 1 aromatic heterocycles. The summed E-state index contributed by atoms with van der Waals surface area (Å²) in [7, 11) is 0. The van der Waals surface area contributed by atoms with E-state index in [0.29, 0.717) is 0 Å². The Labute approximate surface area is 113 Å². The van der Waals surface area contributed by atoms with E-state index in [1.807, 2.05) is 0 Å². The number of nitrogen functional groups attached to an aromatic ring is 1. The van der Waals surface area contributed by atoms with Gasteiger partial charge in [0.1, 0.15) is 5.82 Å². The lowest BCUT2D eigenvalue weighted by molar-refractivity contribution is -0.201. The molecule has 0 bridgehead atoms. The first-order chi connectivity index (χ1) is 8.72. The van der Waals surface area contributed by atoms with E-state index >= 15 is 0 Å². The number of nitrogens with zero attached hydrogens (tertiary/aromatic N) is 1. The molecular formula is C12H14ClF3N2O. The third-order valence-corrected chi connectivity index (χ3v) is 3.78. The van der Waals surface area contributed by atoms with Crippen molar-refractivity contribution in [3.05, 3.63) is 22.8 Å². The topological polar surface area (TPSA) is 59.1 Å². The molecule has 2 rings (SSSR count). The molecule has 7 heteroatoms. The SMILES string of the molecule is Nc1ncc(Cl)cc1C1(O)CCCC(C(F)(F)F)C1. The van der Waals surface area contributed by atoms with Crippen LogP contribution in [0.5, 0.6) is 0 Å². The Hall–Kier alpha value is -1.01. The Kier molecular flexibility index (Phi) is 3.66. The largest absolute Gasteiger partial charge is 0.391 e. The fraction of sp³-hybridized carbons (Fsp3) is 0.583. The van der Waals surface area contributed by atoms with Crippen LogP contribution in [0.1, 0.15) is 31.2 Å². The number of aromatic nitrogens is 1. The maximum Gasteiger partial charge on any atom is 0.391 e. The molecule has 3 nitrogen and oxygen atoms in total. The van der Waals surface area contributed by atoms with Crippen molar-refractivity contribution >= 4 is 17.4 Å². The molecule has 0 aliphatic heterocycles. The number of hydrogen-bond acceptors (Lipinski definition) is 3. The molecule has 0 aromatic carbocycles. The van der Waals surface area contributed by atoms with Crippen LogP contribution < -0.4 is 5.73 Å². The van der Waals surface area contributed by atoms with Crippen LogP contribution in [-0.4, -0.2) is 16.3 Å². The third kappa shape index (κ3) is 2.95. The van der Waals surface area contributed by atoms with E-state index in [9.17, 15) is 18.3 Å². The molecular weight excluding hydrogens is 281 g/mol. The average molecular weight is 295 g/mol. The minimum atomic E-state index is -4.31. The molecule has 2 unspecified atom stereocenters. The van der Waals surface area contributed by atoms with Crippen LogP contribution in [0.3, 0.4) is 0 Å². The Morgan fingerprint density at radius 2 is 2.16 bits per heavy atom. The van der Waals surface area contributed by atoms with E-state index in [2.05, 4.69) is 4.98 Å². The van der Waals surface area contributed by atoms with Gasteiger partial charge < -0.3 is 10.8 Å². The summed E-state index contributed by atoms with van der Waals surface area (Å²) in [5, 5.41) is 10.7. The number of halogens is 4. The maximum atomic E-state index is 12.8. The zero-order valence-electron chi connectivity index (χ0n) is 10.0.